The highest BCUT2D eigenvalue weighted by Gasteiger charge is 2.10. The van der Waals surface area contributed by atoms with Crippen LogP contribution < -0.4 is 11.0 Å². The lowest BCUT2D eigenvalue weighted by Gasteiger charge is -2.08. The van der Waals surface area contributed by atoms with Gasteiger partial charge in [-0.25, -0.2) is 9.78 Å². The van der Waals surface area contributed by atoms with Crippen molar-refractivity contribution in [2.75, 3.05) is 11.9 Å². The van der Waals surface area contributed by atoms with Gasteiger partial charge in [0.15, 0.2) is 0 Å². The summed E-state index contributed by atoms with van der Waals surface area (Å²) in [6, 6.07) is 3.77. The Morgan fingerprint density at radius 2 is 2.10 bits per heavy atom. The summed E-state index contributed by atoms with van der Waals surface area (Å²) in [6.07, 6.45) is 3.55. The molecule has 108 valence electrons. The summed E-state index contributed by atoms with van der Waals surface area (Å²) in [4.78, 5) is 16.6. The molecule has 0 saturated carbocycles. The molecule has 2 aromatic heterocycles. The molecule has 5 nitrogen and oxygen atoms in total. The van der Waals surface area contributed by atoms with E-state index >= 15 is 0 Å². The summed E-state index contributed by atoms with van der Waals surface area (Å²) in [5, 5.41) is 3.70. The molecule has 0 amide bonds. The minimum absolute atomic E-state index is 0.0493. The van der Waals surface area contributed by atoms with Crippen LogP contribution in [0.25, 0.3) is 0 Å². The van der Waals surface area contributed by atoms with Gasteiger partial charge in [-0.05, 0) is 32.9 Å². The van der Waals surface area contributed by atoms with Crippen molar-refractivity contribution in [3.8, 4) is 0 Å². The molecule has 0 aliphatic heterocycles. The lowest BCUT2D eigenvalue weighted by molar-refractivity contribution is 0.560. The average molecular weight is 295 g/mol. The van der Waals surface area contributed by atoms with E-state index in [2.05, 4.69) is 10.3 Å². The topological polar surface area (TPSA) is 51.9 Å². The molecule has 0 unspecified atom stereocenters. The fraction of sp³-hybridized carbons (Fsp3) is 0.429. The Hall–Kier alpha value is -1.75. The number of imidazole rings is 1. The molecule has 1 N–H and O–H groups in total. The van der Waals surface area contributed by atoms with E-state index in [0.29, 0.717) is 17.3 Å². The Morgan fingerprint density at radius 3 is 2.70 bits per heavy atom. The highest BCUT2D eigenvalue weighted by Crippen LogP contribution is 2.17. The molecule has 0 fully saturated rings. The Balaban J connectivity index is 2.30. The molecular formula is C14H19ClN4O. The lowest BCUT2D eigenvalue weighted by atomic mass is 10.3. The first-order valence-electron chi connectivity index (χ1n) is 6.69. The molecular weight excluding hydrogens is 276 g/mol. The Bertz CT molecular complexity index is 645. The molecule has 0 aromatic carbocycles. The second kappa shape index (κ2) is 6.13. The molecule has 0 radical (unpaired) electrons. The zero-order valence-corrected chi connectivity index (χ0v) is 12.7. The summed E-state index contributed by atoms with van der Waals surface area (Å²) in [5.41, 5.74) is 0.639. The van der Waals surface area contributed by atoms with Crippen LogP contribution in [0.1, 0.15) is 32.5 Å². The van der Waals surface area contributed by atoms with E-state index in [-0.39, 0.29) is 11.7 Å². The van der Waals surface area contributed by atoms with Crippen LogP contribution in [0, 0.1) is 0 Å². The van der Waals surface area contributed by atoms with Gasteiger partial charge >= 0.3 is 5.69 Å². The molecule has 0 atom stereocenters. The molecule has 2 rings (SSSR count). The van der Waals surface area contributed by atoms with Crippen molar-refractivity contribution in [3.05, 3.63) is 45.7 Å². The van der Waals surface area contributed by atoms with Crippen molar-refractivity contribution < 1.29 is 0 Å². The van der Waals surface area contributed by atoms with Crippen LogP contribution in [0.15, 0.2) is 29.3 Å². The quantitative estimate of drug-likeness (QED) is 0.922. The SMILES string of the molecule is CCNc1ccc(Cl)c(Cn2ccn(C(C)C)c2=O)n1. The maximum atomic E-state index is 12.2. The second-order valence-electron chi connectivity index (χ2n) is 4.86. The third kappa shape index (κ3) is 3.04. The van der Waals surface area contributed by atoms with Gasteiger partial charge in [0, 0.05) is 25.0 Å². The molecule has 20 heavy (non-hydrogen) atoms. The molecule has 0 spiro atoms. The third-order valence-electron chi connectivity index (χ3n) is 3.03. The summed E-state index contributed by atoms with van der Waals surface area (Å²) in [6.45, 7) is 7.11. The van der Waals surface area contributed by atoms with Crippen LogP contribution in [0.4, 0.5) is 5.82 Å². The van der Waals surface area contributed by atoms with Crippen LogP contribution in [0.2, 0.25) is 5.02 Å². The number of halogens is 1. The second-order valence-corrected chi connectivity index (χ2v) is 5.27. The van der Waals surface area contributed by atoms with E-state index in [1.807, 2.05) is 26.8 Å². The van der Waals surface area contributed by atoms with Gasteiger partial charge in [0.1, 0.15) is 5.82 Å². The number of aromatic nitrogens is 3. The molecule has 0 saturated heterocycles. The first-order valence-corrected chi connectivity index (χ1v) is 7.07. The van der Waals surface area contributed by atoms with Crippen molar-refractivity contribution >= 4 is 17.4 Å². The van der Waals surface area contributed by atoms with Crippen LogP contribution >= 0.6 is 11.6 Å². The van der Waals surface area contributed by atoms with Crippen molar-refractivity contribution in [2.45, 2.75) is 33.4 Å². The van der Waals surface area contributed by atoms with Gasteiger partial charge in [0.25, 0.3) is 0 Å². The van der Waals surface area contributed by atoms with Gasteiger partial charge in [0.2, 0.25) is 0 Å². The van der Waals surface area contributed by atoms with Crippen molar-refractivity contribution in [1.82, 2.24) is 14.1 Å². The van der Waals surface area contributed by atoms with Gasteiger partial charge in [-0.15, -0.1) is 0 Å². The van der Waals surface area contributed by atoms with E-state index in [4.69, 9.17) is 11.6 Å². The van der Waals surface area contributed by atoms with Gasteiger partial charge < -0.3 is 5.32 Å². The number of pyridine rings is 1. The van der Waals surface area contributed by atoms with Crippen LogP contribution in [-0.4, -0.2) is 20.7 Å². The largest absolute Gasteiger partial charge is 0.370 e. The highest BCUT2D eigenvalue weighted by molar-refractivity contribution is 6.31. The van der Waals surface area contributed by atoms with E-state index in [1.165, 1.54) is 0 Å². The molecule has 2 heterocycles. The van der Waals surface area contributed by atoms with E-state index in [9.17, 15) is 4.79 Å². The minimum Gasteiger partial charge on any atom is -0.370 e. The van der Waals surface area contributed by atoms with Crippen molar-refractivity contribution in [1.29, 1.82) is 0 Å². The summed E-state index contributed by atoms with van der Waals surface area (Å²) in [7, 11) is 0. The highest BCUT2D eigenvalue weighted by atomic mass is 35.5. The van der Waals surface area contributed by atoms with Crippen molar-refractivity contribution in [3.63, 3.8) is 0 Å². The van der Waals surface area contributed by atoms with Gasteiger partial charge in [-0.1, -0.05) is 11.6 Å². The van der Waals surface area contributed by atoms with Gasteiger partial charge in [-0.3, -0.25) is 9.13 Å². The monoisotopic (exact) mass is 294 g/mol. The van der Waals surface area contributed by atoms with Crippen LogP contribution in [-0.2, 0) is 6.54 Å². The minimum atomic E-state index is -0.0493. The van der Waals surface area contributed by atoms with E-state index in [0.717, 1.165) is 12.4 Å². The normalized spacial score (nSPS) is 11.1. The number of rotatable bonds is 5. The zero-order valence-electron chi connectivity index (χ0n) is 11.9. The van der Waals surface area contributed by atoms with Crippen LogP contribution in [0.5, 0.6) is 0 Å². The summed E-state index contributed by atoms with van der Waals surface area (Å²) >= 11 is 6.16. The number of nitrogens with zero attached hydrogens (tertiary/aromatic N) is 3. The smallest absolute Gasteiger partial charge is 0.328 e. The maximum absolute atomic E-state index is 12.2. The number of anilines is 1. The lowest BCUT2D eigenvalue weighted by Crippen LogP contribution is -2.26. The number of nitrogens with one attached hydrogen (secondary N) is 1. The van der Waals surface area contributed by atoms with E-state index < -0.39 is 0 Å². The molecule has 2 aromatic rings. The fourth-order valence-corrected chi connectivity index (χ4v) is 2.14. The molecule has 0 aliphatic rings. The van der Waals surface area contributed by atoms with Crippen molar-refractivity contribution in [2.24, 2.45) is 0 Å². The first-order chi connectivity index (χ1) is 9.52. The standard InChI is InChI=1S/C14H19ClN4O/c1-4-16-13-6-5-11(15)12(17-13)9-18-7-8-19(10(2)3)14(18)20/h5-8,10H,4,9H2,1-3H3,(H,16,17). The average Bonchev–Trinajstić information content (AvgIpc) is 2.75. The van der Waals surface area contributed by atoms with E-state index in [1.54, 1.807) is 27.6 Å². The zero-order chi connectivity index (χ0) is 14.7. The van der Waals surface area contributed by atoms with Gasteiger partial charge in [0.05, 0.1) is 17.3 Å². The van der Waals surface area contributed by atoms with Crippen LogP contribution in [0.3, 0.4) is 0 Å². The number of hydrogen-bond donors (Lipinski definition) is 1. The molecule has 6 heteroatoms. The molecule has 0 bridgehead atoms. The third-order valence-corrected chi connectivity index (χ3v) is 3.37. The maximum Gasteiger partial charge on any atom is 0.328 e. The Kier molecular flexibility index (Phi) is 4.49. The predicted molar refractivity (Wildman–Crippen MR) is 81.6 cm³/mol. The first kappa shape index (κ1) is 14.7. The number of hydrogen-bond acceptors (Lipinski definition) is 3. The fourth-order valence-electron chi connectivity index (χ4n) is 1.98. The molecule has 0 aliphatic carbocycles. The van der Waals surface area contributed by atoms with Gasteiger partial charge in [-0.2, -0.15) is 0 Å². The predicted octanol–water partition coefficient (Wildman–Crippen LogP) is 2.76. The summed E-state index contributed by atoms with van der Waals surface area (Å²) in [5.74, 6) is 0.767. The Morgan fingerprint density at radius 1 is 1.35 bits per heavy atom. The Labute approximate surface area is 123 Å². The summed E-state index contributed by atoms with van der Waals surface area (Å²) < 4.78 is 3.30.